The van der Waals surface area contributed by atoms with Crippen LogP contribution in [-0.2, 0) is 7.05 Å². The number of aromatic nitrogens is 4. The number of nitrogens with two attached hydrogens (primary N) is 1. The fraction of sp³-hybridized carbons (Fsp3) is 0.0833. The number of rotatable bonds is 2. The molecule has 6 nitrogen and oxygen atoms in total. The standard InChI is InChI=1S/C12H10FN5OS/c1-18-11(19)16-17-12(18)20-10-7(13)5-8(14)6-3-2-4-15-9(6)10/h2-5H,14H2,1H3,(H,16,19). The smallest absolute Gasteiger partial charge is 0.343 e. The van der Waals surface area contributed by atoms with Gasteiger partial charge in [0.15, 0.2) is 5.16 Å². The van der Waals surface area contributed by atoms with Gasteiger partial charge < -0.3 is 5.73 Å². The zero-order valence-corrected chi connectivity index (χ0v) is 11.2. The summed E-state index contributed by atoms with van der Waals surface area (Å²) in [6.45, 7) is 0. The van der Waals surface area contributed by atoms with E-state index in [1.807, 2.05) is 0 Å². The first-order valence-corrected chi connectivity index (χ1v) is 6.51. The summed E-state index contributed by atoms with van der Waals surface area (Å²) >= 11 is 1.03. The van der Waals surface area contributed by atoms with Crippen molar-refractivity contribution in [2.75, 3.05) is 5.73 Å². The molecule has 0 atom stereocenters. The Bertz CT molecular complexity index is 857. The van der Waals surface area contributed by atoms with Gasteiger partial charge >= 0.3 is 5.69 Å². The lowest BCUT2D eigenvalue weighted by Crippen LogP contribution is -2.12. The SMILES string of the molecule is Cn1c(Sc2c(F)cc(N)c3cccnc23)n[nH]c1=O. The second-order valence-electron chi connectivity index (χ2n) is 4.15. The van der Waals surface area contributed by atoms with Crippen molar-refractivity contribution in [2.24, 2.45) is 7.05 Å². The molecule has 2 heterocycles. The van der Waals surface area contributed by atoms with Gasteiger partial charge in [-0.15, -0.1) is 5.10 Å². The molecule has 3 aromatic rings. The Morgan fingerprint density at radius 3 is 3.00 bits per heavy atom. The summed E-state index contributed by atoms with van der Waals surface area (Å²) in [5, 5.41) is 7.17. The van der Waals surface area contributed by atoms with Crippen molar-refractivity contribution < 1.29 is 4.39 Å². The number of hydrogen-bond donors (Lipinski definition) is 2. The topological polar surface area (TPSA) is 89.6 Å². The van der Waals surface area contributed by atoms with Crippen molar-refractivity contribution in [1.82, 2.24) is 19.7 Å². The molecule has 0 unspecified atom stereocenters. The van der Waals surface area contributed by atoms with Crippen LogP contribution in [-0.4, -0.2) is 19.7 Å². The predicted molar refractivity (Wildman–Crippen MR) is 74.1 cm³/mol. The van der Waals surface area contributed by atoms with E-state index in [9.17, 15) is 9.18 Å². The molecular formula is C12H10FN5OS. The minimum absolute atomic E-state index is 0.289. The highest BCUT2D eigenvalue weighted by atomic mass is 32.2. The molecule has 20 heavy (non-hydrogen) atoms. The first-order chi connectivity index (χ1) is 9.58. The van der Waals surface area contributed by atoms with Crippen LogP contribution in [0.1, 0.15) is 0 Å². The fourth-order valence-corrected chi connectivity index (χ4v) is 2.73. The van der Waals surface area contributed by atoms with Crippen molar-refractivity contribution in [3.05, 3.63) is 40.7 Å². The number of fused-ring (bicyclic) bond motifs is 1. The average Bonchev–Trinajstić information content (AvgIpc) is 2.75. The van der Waals surface area contributed by atoms with Crippen LogP contribution in [0, 0.1) is 5.82 Å². The van der Waals surface area contributed by atoms with Crippen molar-refractivity contribution in [1.29, 1.82) is 0 Å². The normalized spacial score (nSPS) is 11.1. The highest BCUT2D eigenvalue weighted by Crippen LogP contribution is 2.35. The first kappa shape index (κ1) is 12.7. The number of H-pyrrole nitrogens is 1. The first-order valence-electron chi connectivity index (χ1n) is 5.70. The number of nitrogens with zero attached hydrogens (tertiary/aromatic N) is 3. The monoisotopic (exact) mass is 291 g/mol. The van der Waals surface area contributed by atoms with Crippen LogP contribution >= 0.6 is 11.8 Å². The van der Waals surface area contributed by atoms with Gasteiger partial charge in [0.05, 0.1) is 10.4 Å². The highest BCUT2D eigenvalue weighted by molar-refractivity contribution is 7.99. The minimum atomic E-state index is -0.492. The van der Waals surface area contributed by atoms with Crippen LogP contribution in [0.25, 0.3) is 10.9 Å². The third kappa shape index (κ3) is 1.94. The molecule has 0 aliphatic rings. The Labute approximate surface area is 116 Å². The molecule has 0 saturated heterocycles. The molecule has 3 N–H and O–H groups in total. The maximum absolute atomic E-state index is 14.1. The number of nitrogen functional groups attached to an aromatic ring is 1. The van der Waals surface area contributed by atoms with Gasteiger partial charge in [0, 0.05) is 24.3 Å². The maximum Gasteiger partial charge on any atom is 0.343 e. The van der Waals surface area contributed by atoms with E-state index in [2.05, 4.69) is 15.2 Å². The van der Waals surface area contributed by atoms with E-state index >= 15 is 0 Å². The number of halogens is 1. The average molecular weight is 291 g/mol. The highest BCUT2D eigenvalue weighted by Gasteiger charge is 2.16. The van der Waals surface area contributed by atoms with Gasteiger partial charge in [-0.1, -0.05) is 0 Å². The van der Waals surface area contributed by atoms with Crippen molar-refractivity contribution in [3.63, 3.8) is 0 Å². The number of benzene rings is 1. The zero-order chi connectivity index (χ0) is 14.3. The van der Waals surface area contributed by atoms with Gasteiger partial charge in [-0.3, -0.25) is 9.55 Å². The van der Waals surface area contributed by atoms with Crippen LogP contribution in [0.4, 0.5) is 10.1 Å². The lowest BCUT2D eigenvalue weighted by Gasteiger charge is -2.08. The van der Waals surface area contributed by atoms with Gasteiger partial charge in [-0.2, -0.15) is 0 Å². The summed E-state index contributed by atoms with van der Waals surface area (Å²) in [7, 11) is 1.55. The second-order valence-corrected chi connectivity index (χ2v) is 5.13. The van der Waals surface area contributed by atoms with Gasteiger partial charge in [0.1, 0.15) is 5.82 Å². The van der Waals surface area contributed by atoms with Gasteiger partial charge in [0.2, 0.25) is 0 Å². The second kappa shape index (κ2) is 4.64. The van der Waals surface area contributed by atoms with Crippen molar-refractivity contribution in [3.8, 4) is 0 Å². The summed E-state index contributed by atoms with van der Waals surface area (Å²) in [5.41, 5.74) is 6.20. The van der Waals surface area contributed by atoms with Crippen LogP contribution in [0.2, 0.25) is 0 Å². The van der Waals surface area contributed by atoms with E-state index in [-0.39, 0.29) is 10.6 Å². The molecule has 0 spiro atoms. The molecule has 0 fully saturated rings. The number of nitrogens with one attached hydrogen (secondary N) is 1. The number of hydrogen-bond acceptors (Lipinski definition) is 5. The number of aromatic amines is 1. The lowest BCUT2D eigenvalue weighted by molar-refractivity contribution is 0.605. The fourth-order valence-electron chi connectivity index (χ4n) is 1.82. The minimum Gasteiger partial charge on any atom is -0.398 e. The predicted octanol–water partition coefficient (Wildman–Crippen LogP) is 1.53. The van der Waals surface area contributed by atoms with Crippen molar-refractivity contribution >= 4 is 28.4 Å². The molecule has 0 aliphatic heterocycles. The van der Waals surface area contributed by atoms with Crippen LogP contribution in [0.3, 0.4) is 0 Å². The van der Waals surface area contributed by atoms with E-state index in [1.54, 1.807) is 25.4 Å². The molecular weight excluding hydrogens is 281 g/mol. The Morgan fingerprint density at radius 1 is 1.50 bits per heavy atom. The van der Waals surface area contributed by atoms with Crippen LogP contribution < -0.4 is 11.4 Å². The third-order valence-electron chi connectivity index (χ3n) is 2.87. The Hall–Kier alpha value is -2.35. The zero-order valence-electron chi connectivity index (χ0n) is 10.4. The Morgan fingerprint density at radius 2 is 2.30 bits per heavy atom. The summed E-state index contributed by atoms with van der Waals surface area (Å²) in [6, 6.07) is 4.75. The summed E-state index contributed by atoms with van der Waals surface area (Å²) < 4.78 is 15.4. The summed E-state index contributed by atoms with van der Waals surface area (Å²) in [6.07, 6.45) is 1.56. The third-order valence-corrected chi connectivity index (χ3v) is 4.01. The molecule has 2 aromatic heterocycles. The molecule has 0 radical (unpaired) electrons. The number of pyridine rings is 1. The molecule has 102 valence electrons. The molecule has 0 saturated carbocycles. The molecule has 3 rings (SSSR count). The van der Waals surface area contributed by atoms with E-state index in [1.165, 1.54) is 10.6 Å². The van der Waals surface area contributed by atoms with Gasteiger partial charge in [0.25, 0.3) is 0 Å². The maximum atomic E-state index is 14.1. The van der Waals surface area contributed by atoms with Crippen LogP contribution in [0.15, 0.2) is 39.2 Å². The Kier molecular flexibility index (Phi) is 2.94. The van der Waals surface area contributed by atoms with Crippen LogP contribution in [0.5, 0.6) is 0 Å². The van der Waals surface area contributed by atoms with E-state index in [0.717, 1.165) is 11.8 Å². The molecule has 0 bridgehead atoms. The quantitative estimate of drug-likeness (QED) is 0.699. The van der Waals surface area contributed by atoms with Gasteiger partial charge in [-0.05, 0) is 30.0 Å². The van der Waals surface area contributed by atoms with Crippen molar-refractivity contribution in [2.45, 2.75) is 10.1 Å². The van der Waals surface area contributed by atoms with Gasteiger partial charge in [-0.25, -0.2) is 14.3 Å². The summed E-state index contributed by atoms with van der Waals surface area (Å²) in [5.74, 6) is -0.492. The summed E-state index contributed by atoms with van der Waals surface area (Å²) in [4.78, 5) is 15.8. The van der Waals surface area contributed by atoms with E-state index in [4.69, 9.17) is 5.73 Å². The molecule has 0 aliphatic carbocycles. The Balaban J connectivity index is 2.21. The van der Waals surface area contributed by atoms with E-state index in [0.29, 0.717) is 21.7 Å². The molecule has 1 aromatic carbocycles. The molecule has 0 amide bonds. The lowest BCUT2D eigenvalue weighted by atomic mass is 10.2. The van der Waals surface area contributed by atoms with E-state index < -0.39 is 5.82 Å². The largest absolute Gasteiger partial charge is 0.398 e. The molecule has 8 heteroatoms. The number of anilines is 1.